The Labute approximate surface area is 261 Å². The van der Waals surface area contributed by atoms with Gasteiger partial charge >= 0.3 is 11.9 Å². The van der Waals surface area contributed by atoms with Gasteiger partial charge in [-0.2, -0.15) is 0 Å². The van der Waals surface area contributed by atoms with Gasteiger partial charge in [0.05, 0.1) is 13.1 Å². The van der Waals surface area contributed by atoms with Crippen molar-refractivity contribution in [2.24, 2.45) is 0 Å². The molecule has 0 fully saturated rings. The van der Waals surface area contributed by atoms with Gasteiger partial charge in [0.15, 0.2) is 23.0 Å². The number of aromatic hydroxyl groups is 2. The van der Waals surface area contributed by atoms with E-state index in [9.17, 15) is 29.4 Å². The van der Waals surface area contributed by atoms with Crippen molar-refractivity contribution in [3.05, 3.63) is 105 Å². The van der Waals surface area contributed by atoms with Crippen LogP contribution >= 0.6 is 23.2 Å². The Morgan fingerprint density at radius 1 is 0.636 bits per heavy atom. The summed E-state index contributed by atoms with van der Waals surface area (Å²) in [5.74, 6) is -1.93. The van der Waals surface area contributed by atoms with E-state index in [2.05, 4.69) is 0 Å². The van der Waals surface area contributed by atoms with Crippen LogP contribution in [-0.2, 0) is 22.7 Å². The third kappa shape index (κ3) is 6.31. The highest BCUT2D eigenvalue weighted by molar-refractivity contribution is 6.31. The van der Waals surface area contributed by atoms with Gasteiger partial charge in [0.25, 0.3) is 11.8 Å². The normalized spacial score (nSPS) is 13.2. The number of hydrogen-bond acceptors (Lipinski definition) is 8. The molecule has 44 heavy (non-hydrogen) atoms. The zero-order valence-electron chi connectivity index (χ0n) is 23.3. The van der Waals surface area contributed by atoms with E-state index in [1.807, 2.05) is 0 Å². The number of esters is 2. The van der Waals surface area contributed by atoms with Gasteiger partial charge in [0.2, 0.25) is 0 Å². The molecule has 4 aromatic carbocycles. The predicted octanol–water partition coefficient (Wildman–Crippen LogP) is 6.26. The van der Waals surface area contributed by atoms with Crippen LogP contribution in [0.1, 0.15) is 45.7 Å². The van der Waals surface area contributed by atoms with Crippen LogP contribution in [0.4, 0.5) is 11.4 Å². The zero-order chi connectivity index (χ0) is 31.7. The molecule has 4 aromatic rings. The van der Waals surface area contributed by atoms with Crippen LogP contribution in [-0.4, -0.2) is 34.0 Å². The molecule has 2 N–H and O–H groups in total. The summed E-state index contributed by atoms with van der Waals surface area (Å²) >= 11 is 11.7. The van der Waals surface area contributed by atoms with Gasteiger partial charge in [-0.15, -0.1) is 0 Å². The second-order valence-electron chi connectivity index (χ2n) is 9.88. The standard InChI is InChI=1S/C18H14ClNO5.C14H10ClNO3/c1-10(21)24-16-7-12-9-20(14-5-3-13(19)4-6-14)18(23)15(12)8-17(16)25-11(2)22;15-9-1-3-10(4-2-9)16-7-8-5-12(17)13(18)6-11(8)14(16)19/h3-8H,9H2,1-2H3;1-6,17-18H,7H2. The Morgan fingerprint density at radius 3 is 1.48 bits per heavy atom. The number of hydrogen-bond donors (Lipinski definition) is 2. The van der Waals surface area contributed by atoms with Crippen LogP contribution in [0.3, 0.4) is 0 Å². The van der Waals surface area contributed by atoms with E-state index >= 15 is 0 Å². The first kappa shape index (κ1) is 30.4. The molecule has 0 aromatic heterocycles. The van der Waals surface area contributed by atoms with Crippen molar-refractivity contribution in [2.75, 3.05) is 9.80 Å². The lowest BCUT2D eigenvalue weighted by Crippen LogP contribution is -2.22. The minimum Gasteiger partial charge on any atom is -0.504 e. The smallest absolute Gasteiger partial charge is 0.308 e. The van der Waals surface area contributed by atoms with Crippen molar-refractivity contribution in [1.82, 2.24) is 0 Å². The molecule has 0 spiro atoms. The zero-order valence-corrected chi connectivity index (χ0v) is 24.8. The molecule has 12 heteroatoms. The molecule has 0 saturated carbocycles. The van der Waals surface area contributed by atoms with E-state index < -0.39 is 11.9 Å². The molecule has 0 radical (unpaired) electrons. The molecule has 0 unspecified atom stereocenters. The third-order valence-electron chi connectivity index (χ3n) is 6.76. The van der Waals surface area contributed by atoms with Gasteiger partial charge < -0.3 is 29.5 Å². The number of phenols is 2. The van der Waals surface area contributed by atoms with Crippen molar-refractivity contribution in [1.29, 1.82) is 0 Å². The molecular formula is C32H24Cl2N2O8. The number of nitrogens with zero attached hydrogens (tertiary/aromatic N) is 2. The summed E-state index contributed by atoms with van der Waals surface area (Å²) in [4.78, 5) is 50.6. The van der Waals surface area contributed by atoms with Crippen LogP contribution < -0.4 is 19.3 Å². The average molecular weight is 635 g/mol. The van der Waals surface area contributed by atoms with Crippen molar-refractivity contribution in [3.63, 3.8) is 0 Å². The Kier molecular flexibility index (Phi) is 8.48. The van der Waals surface area contributed by atoms with Crippen molar-refractivity contribution in [3.8, 4) is 23.0 Å². The monoisotopic (exact) mass is 634 g/mol. The number of carbonyl (C=O) groups is 4. The van der Waals surface area contributed by atoms with E-state index in [1.54, 1.807) is 64.4 Å². The Morgan fingerprint density at radius 2 is 1.02 bits per heavy atom. The second-order valence-corrected chi connectivity index (χ2v) is 10.7. The first-order valence-electron chi connectivity index (χ1n) is 13.1. The molecule has 6 rings (SSSR count). The lowest BCUT2D eigenvalue weighted by molar-refractivity contribution is -0.134. The van der Waals surface area contributed by atoms with Crippen molar-refractivity contribution < 1.29 is 38.9 Å². The largest absolute Gasteiger partial charge is 0.504 e. The maximum Gasteiger partial charge on any atom is 0.308 e. The van der Waals surface area contributed by atoms with Crippen LogP contribution in [0.2, 0.25) is 10.0 Å². The van der Waals surface area contributed by atoms with Gasteiger partial charge in [0.1, 0.15) is 0 Å². The predicted molar refractivity (Wildman–Crippen MR) is 163 cm³/mol. The molecule has 0 aliphatic carbocycles. The van der Waals surface area contributed by atoms with Gasteiger partial charge in [-0.05, 0) is 83.9 Å². The fraction of sp³-hybridized carbons (Fsp3) is 0.125. The fourth-order valence-electron chi connectivity index (χ4n) is 4.79. The maximum absolute atomic E-state index is 12.7. The topological polar surface area (TPSA) is 134 Å². The summed E-state index contributed by atoms with van der Waals surface area (Å²) in [6, 6.07) is 19.5. The van der Waals surface area contributed by atoms with E-state index in [4.69, 9.17) is 32.7 Å². The van der Waals surface area contributed by atoms with Gasteiger partial charge in [0, 0.05) is 46.4 Å². The highest BCUT2D eigenvalue weighted by Gasteiger charge is 2.32. The van der Waals surface area contributed by atoms with E-state index in [1.165, 1.54) is 32.0 Å². The molecule has 0 saturated heterocycles. The summed E-state index contributed by atoms with van der Waals surface area (Å²) in [6.45, 7) is 3.15. The van der Waals surface area contributed by atoms with Gasteiger partial charge in [-0.25, -0.2) is 0 Å². The molecule has 2 heterocycles. The summed E-state index contributed by atoms with van der Waals surface area (Å²) in [6.07, 6.45) is 0. The fourth-order valence-corrected chi connectivity index (χ4v) is 5.04. The Bertz CT molecular complexity index is 1810. The molecule has 0 atom stereocenters. The SMILES string of the molecule is CC(=O)Oc1cc2c(cc1OC(C)=O)C(=O)N(c1ccc(Cl)cc1)C2.O=C1c2cc(O)c(O)cc2CN1c1ccc(Cl)cc1. The third-order valence-corrected chi connectivity index (χ3v) is 7.27. The molecule has 2 amide bonds. The van der Waals surface area contributed by atoms with Crippen LogP contribution in [0.25, 0.3) is 0 Å². The number of ether oxygens (including phenoxy) is 2. The van der Waals surface area contributed by atoms with Gasteiger partial charge in [-0.3, -0.25) is 19.2 Å². The number of benzene rings is 4. The summed E-state index contributed by atoms with van der Waals surface area (Å²) < 4.78 is 10.2. The molecule has 2 aliphatic heterocycles. The first-order chi connectivity index (χ1) is 20.9. The number of halogens is 2. The van der Waals surface area contributed by atoms with E-state index in [0.29, 0.717) is 51.1 Å². The van der Waals surface area contributed by atoms with E-state index in [-0.39, 0.29) is 34.8 Å². The minimum atomic E-state index is -0.576. The summed E-state index contributed by atoms with van der Waals surface area (Å²) in [7, 11) is 0. The molecule has 0 bridgehead atoms. The number of amides is 2. The van der Waals surface area contributed by atoms with Crippen LogP contribution in [0, 0.1) is 0 Å². The quantitative estimate of drug-likeness (QED) is 0.153. The summed E-state index contributed by atoms with van der Waals surface area (Å²) in [5, 5.41) is 20.1. The van der Waals surface area contributed by atoms with Crippen molar-refractivity contribution in [2.45, 2.75) is 26.9 Å². The number of rotatable bonds is 4. The molecule has 10 nitrogen and oxygen atoms in total. The lowest BCUT2D eigenvalue weighted by Gasteiger charge is -2.15. The number of fused-ring (bicyclic) bond motifs is 2. The summed E-state index contributed by atoms with van der Waals surface area (Å²) in [5.41, 5.74) is 3.58. The Hall–Kier alpha value is -5.06. The molecule has 2 aliphatic rings. The van der Waals surface area contributed by atoms with E-state index in [0.717, 1.165) is 5.69 Å². The highest BCUT2D eigenvalue weighted by Crippen LogP contribution is 2.38. The van der Waals surface area contributed by atoms with Crippen molar-refractivity contribution >= 4 is 58.3 Å². The Balaban J connectivity index is 0.000000181. The highest BCUT2D eigenvalue weighted by atomic mass is 35.5. The average Bonchev–Trinajstić information content (AvgIpc) is 3.45. The molecular weight excluding hydrogens is 611 g/mol. The first-order valence-corrected chi connectivity index (χ1v) is 13.9. The number of phenolic OH excluding ortho intramolecular Hbond substituents is 2. The second kappa shape index (κ2) is 12.3. The molecule has 224 valence electrons. The number of anilines is 2. The number of carbonyl (C=O) groups excluding carboxylic acids is 4. The minimum absolute atomic E-state index is 0.0350. The van der Waals surface area contributed by atoms with Crippen LogP contribution in [0.15, 0.2) is 72.8 Å². The van der Waals surface area contributed by atoms with Crippen LogP contribution in [0.5, 0.6) is 23.0 Å². The van der Waals surface area contributed by atoms with Gasteiger partial charge in [-0.1, -0.05) is 23.2 Å². The lowest BCUT2D eigenvalue weighted by atomic mass is 10.1. The maximum atomic E-state index is 12.7.